The fourth-order valence-corrected chi connectivity index (χ4v) is 4.44. The molecule has 7 atom stereocenters. The molecule has 8 nitrogen and oxygen atoms in total. The van der Waals surface area contributed by atoms with E-state index in [1.807, 2.05) is 12.1 Å². The SMILES string of the molecule is CN(C)C[C@@H]1CCCCC1c1cccc(OC2OC(C(=O)O)C(O)C(O)C2O)c1. The Labute approximate surface area is 170 Å². The second kappa shape index (κ2) is 9.40. The van der Waals surface area contributed by atoms with Gasteiger partial charge in [0.2, 0.25) is 6.29 Å². The first-order valence-corrected chi connectivity index (χ1v) is 10.1. The quantitative estimate of drug-likeness (QED) is 0.545. The number of ether oxygens (including phenoxy) is 2. The predicted octanol–water partition coefficient (Wildman–Crippen LogP) is 0.793. The van der Waals surface area contributed by atoms with E-state index in [0.717, 1.165) is 18.5 Å². The average molecular weight is 409 g/mol. The summed E-state index contributed by atoms with van der Waals surface area (Å²) >= 11 is 0. The van der Waals surface area contributed by atoms with Crippen LogP contribution in [0.15, 0.2) is 24.3 Å². The van der Waals surface area contributed by atoms with Crippen LogP contribution in [0.4, 0.5) is 0 Å². The molecule has 2 aliphatic rings. The van der Waals surface area contributed by atoms with Gasteiger partial charge < -0.3 is 34.8 Å². The number of aliphatic carboxylic acids is 1. The Balaban J connectivity index is 1.76. The molecule has 6 unspecified atom stereocenters. The second-order valence-corrected chi connectivity index (χ2v) is 8.34. The van der Waals surface area contributed by atoms with Crippen LogP contribution in [0.1, 0.15) is 37.2 Å². The van der Waals surface area contributed by atoms with E-state index in [2.05, 4.69) is 25.1 Å². The van der Waals surface area contributed by atoms with Crippen LogP contribution in [-0.4, -0.2) is 82.6 Å². The van der Waals surface area contributed by atoms with Gasteiger partial charge in [-0.3, -0.25) is 0 Å². The first-order chi connectivity index (χ1) is 13.8. The molecule has 162 valence electrons. The van der Waals surface area contributed by atoms with Crippen molar-refractivity contribution in [2.75, 3.05) is 20.6 Å². The number of rotatable bonds is 6. The summed E-state index contributed by atoms with van der Waals surface area (Å²) in [5, 5.41) is 39.1. The topological polar surface area (TPSA) is 120 Å². The minimum Gasteiger partial charge on any atom is -0.479 e. The molecule has 1 saturated carbocycles. The molecule has 0 amide bonds. The minimum atomic E-state index is -1.73. The smallest absolute Gasteiger partial charge is 0.335 e. The van der Waals surface area contributed by atoms with Crippen molar-refractivity contribution in [3.63, 3.8) is 0 Å². The molecule has 4 N–H and O–H groups in total. The molecule has 3 rings (SSSR count). The van der Waals surface area contributed by atoms with E-state index in [9.17, 15) is 25.2 Å². The van der Waals surface area contributed by atoms with Crippen molar-refractivity contribution in [2.45, 2.75) is 62.3 Å². The monoisotopic (exact) mass is 409 g/mol. The molecule has 0 aromatic heterocycles. The molecule has 29 heavy (non-hydrogen) atoms. The molecule has 2 fully saturated rings. The molecular formula is C21H31NO7. The predicted molar refractivity (Wildman–Crippen MR) is 105 cm³/mol. The molecule has 1 aliphatic carbocycles. The van der Waals surface area contributed by atoms with Gasteiger partial charge in [0.05, 0.1) is 0 Å². The Morgan fingerprint density at radius 1 is 1.14 bits per heavy atom. The van der Waals surface area contributed by atoms with E-state index in [1.54, 1.807) is 6.07 Å². The maximum Gasteiger partial charge on any atom is 0.335 e. The van der Waals surface area contributed by atoms with Gasteiger partial charge in [-0.1, -0.05) is 25.0 Å². The van der Waals surface area contributed by atoms with Gasteiger partial charge in [0.25, 0.3) is 0 Å². The van der Waals surface area contributed by atoms with Gasteiger partial charge in [0.1, 0.15) is 24.1 Å². The van der Waals surface area contributed by atoms with E-state index < -0.39 is 36.7 Å². The van der Waals surface area contributed by atoms with Crippen molar-refractivity contribution in [3.05, 3.63) is 29.8 Å². The highest BCUT2D eigenvalue weighted by molar-refractivity contribution is 5.73. The molecule has 0 bridgehead atoms. The van der Waals surface area contributed by atoms with E-state index in [0.29, 0.717) is 17.6 Å². The molecule has 1 aliphatic heterocycles. The van der Waals surface area contributed by atoms with Crippen molar-refractivity contribution >= 4 is 5.97 Å². The molecule has 1 aromatic rings. The summed E-state index contributed by atoms with van der Waals surface area (Å²) in [5.74, 6) is -0.0713. The van der Waals surface area contributed by atoms with Crippen LogP contribution >= 0.6 is 0 Å². The van der Waals surface area contributed by atoms with Crippen molar-refractivity contribution < 1.29 is 34.7 Å². The lowest BCUT2D eigenvalue weighted by Crippen LogP contribution is -2.61. The summed E-state index contributed by atoms with van der Waals surface area (Å²) in [6, 6.07) is 7.52. The van der Waals surface area contributed by atoms with Crippen LogP contribution in [0.3, 0.4) is 0 Å². The largest absolute Gasteiger partial charge is 0.479 e. The maximum atomic E-state index is 11.3. The molecule has 8 heteroatoms. The highest BCUT2D eigenvalue weighted by atomic mass is 16.7. The highest BCUT2D eigenvalue weighted by Crippen LogP contribution is 2.39. The number of aliphatic hydroxyl groups is 3. The Hall–Kier alpha value is -1.71. The molecule has 1 heterocycles. The third-order valence-corrected chi connectivity index (χ3v) is 5.86. The van der Waals surface area contributed by atoms with Gasteiger partial charge in [-0.25, -0.2) is 4.79 Å². The van der Waals surface area contributed by atoms with Crippen molar-refractivity contribution in [2.24, 2.45) is 5.92 Å². The van der Waals surface area contributed by atoms with Crippen molar-refractivity contribution in [1.29, 1.82) is 0 Å². The maximum absolute atomic E-state index is 11.3. The Morgan fingerprint density at radius 3 is 2.55 bits per heavy atom. The summed E-state index contributed by atoms with van der Waals surface area (Å²) in [4.78, 5) is 13.5. The van der Waals surface area contributed by atoms with Crippen molar-refractivity contribution in [3.8, 4) is 5.75 Å². The lowest BCUT2D eigenvalue weighted by Gasteiger charge is -2.38. The Bertz CT molecular complexity index is 697. The number of carbonyl (C=O) groups is 1. The van der Waals surface area contributed by atoms with Crippen LogP contribution in [-0.2, 0) is 9.53 Å². The van der Waals surface area contributed by atoms with E-state index in [1.165, 1.54) is 19.3 Å². The summed E-state index contributed by atoms with van der Waals surface area (Å²) in [6.07, 6.45) is -3.39. The molecule has 0 radical (unpaired) electrons. The van der Waals surface area contributed by atoms with E-state index in [-0.39, 0.29) is 0 Å². The van der Waals surface area contributed by atoms with Gasteiger partial charge in [-0.2, -0.15) is 0 Å². The van der Waals surface area contributed by atoms with Crippen LogP contribution in [0.25, 0.3) is 0 Å². The normalized spacial score (nSPS) is 35.4. The van der Waals surface area contributed by atoms with Crippen molar-refractivity contribution in [1.82, 2.24) is 4.90 Å². The van der Waals surface area contributed by atoms with E-state index in [4.69, 9.17) is 9.47 Å². The summed E-state index contributed by atoms with van der Waals surface area (Å²) < 4.78 is 10.9. The number of nitrogens with zero attached hydrogens (tertiary/aromatic N) is 1. The van der Waals surface area contributed by atoms with Crippen LogP contribution in [0, 0.1) is 5.92 Å². The third kappa shape index (κ3) is 5.07. The highest BCUT2D eigenvalue weighted by Gasteiger charge is 2.48. The Morgan fingerprint density at radius 2 is 1.86 bits per heavy atom. The van der Waals surface area contributed by atoms with Crippen LogP contribution < -0.4 is 4.74 Å². The lowest BCUT2D eigenvalue weighted by atomic mass is 9.75. The van der Waals surface area contributed by atoms with Gasteiger partial charge in [0, 0.05) is 6.54 Å². The number of carboxylic acid groups (broad SMARTS) is 1. The summed E-state index contributed by atoms with van der Waals surface area (Å²) in [6.45, 7) is 1.00. The van der Waals surface area contributed by atoms with Gasteiger partial charge >= 0.3 is 5.97 Å². The van der Waals surface area contributed by atoms with Crippen LogP contribution in [0.2, 0.25) is 0 Å². The second-order valence-electron chi connectivity index (χ2n) is 8.34. The molecule has 0 spiro atoms. The zero-order chi connectivity index (χ0) is 21.1. The van der Waals surface area contributed by atoms with E-state index >= 15 is 0 Å². The molecule has 1 saturated heterocycles. The zero-order valence-electron chi connectivity index (χ0n) is 16.8. The number of hydrogen-bond donors (Lipinski definition) is 4. The zero-order valence-corrected chi connectivity index (χ0v) is 16.8. The van der Waals surface area contributed by atoms with Gasteiger partial charge in [-0.05, 0) is 56.5 Å². The number of aliphatic hydroxyl groups excluding tert-OH is 3. The number of hydrogen-bond acceptors (Lipinski definition) is 7. The summed E-state index contributed by atoms with van der Waals surface area (Å²) in [5.41, 5.74) is 1.13. The molecular weight excluding hydrogens is 378 g/mol. The van der Waals surface area contributed by atoms with Crippen LogP contribution in [0.5, 0.6) is 5.75 Å². The Kier molecular flexibility index (Phi) is 7.13. The average Bonchev–Trinajstić information content (AvgIpc) is 2.68. The standard InChI is InChI=1S/C21H31NO7/c1-22(2)11-13-6-3-4-9-15(13)12-7-5-8-14(10-12)28-21-18(25)16(23)17(24)19(29-21)20(26)27/h5,7-8,10,13,15-19,21,23-25H,3-4,6,9,11H2,1-2H3,(H,26,27)/t13-,15?,16?,17?,18?,19?,21?/m0/s1. The van der Waals surface area contributed by atoms with Gasteiger partial charge in [-0.15, -0.1) is 0 Å². The minimum absolute atomic E-state index is 0.395. The first kappa shape index (κ1) is 22.0. The third-order valence-electron chi connectivity index (χ3n) is 5.86. The number of carboxylic acids is 1. The fraction of sp³-hybridized carbons (Fsp3) is 0.667. The fourth-order valence-electron chi connectivity index (χ4n) is 4.44. The lowest BCUT2D eigenvalue weighted by molar-refractivity contribution is -0.271. The first-order valence-electron chi connectivity index (χ1n) is 10.1. The molecule has 1 aromatic carbocycles. The van der Waals surface area contributed by atoms with Gasteiger partial charge in [0.15, 0.2) is 6.10 Å². The number of benzene rings is 1. The summed E-state index contributed by atoms with van der Waals surface area (Å²) in [7, 11) is 4.15.